The predicted octanol–water partition coefficient (Wildman–Crippen LogP) is 2.73. The standard InChI is InChI=1S/C16H21N3O/c1-2-19-10-9-17-16(19)12-20-15-7-3-13(4-8-15)11-18-14-5-6-14/h3-4,7-10,14,18H,2,5-6,11-12H2,1H3. The third kappa shape index (κ3) is 3.39. The molecule has 0 atom stereocenters. The van der Waals surface area contributed by atoms with E-state index in [0.29, 0.717) is 6.61 Å². The minimum absolute atomic E-state index is 0.514. The first-order valence-corrected chi connectivity index (χ1v) is 7.30. The van der Waals surface area contributed by atoms with Crippen molar-refractivity contribution in [2.45, 2.75) is 45.5 Å². The van der Waals surface area contributed by atoms with Gasteiger partial charge in [-0.2, -0.15) is 0 Å². The summed E-state index contributed by atoms with van der Waals surface area (Å²) in [5.74, 6) is 1.86. The lowest BCUT2D eigenvalue weighted by Gasteiger charge is -2.08. The van der Waals surface area contributed by atoms with Crippen LogP contribution in [0.3, 0.4) is 0 Å². The van der Waals surface area contributed by atoms with Crippen molar-refractivity contribution in [2.75, 3.05) is 0 Å². The molecule has 1 aliphatic rings. The minimum Gasteiger partial charge on any atom is -0.486 e. The largest absolute Gasteiger partial charge is 0.486 e. The van der Waals surface area contributed by atoms with Crippen molar-refractivity contribution in [3.8, 4) is 5.75 Å². The van der Waals surface area contributed by atoms with Gasteiger partial charge in [0.1, 0.15) is 18.2 Å². The van der Waals surface area contributed by atoms with E-state index in [2.05, 4.69) is 33.9 Å². The number of hydrogen-bond acceptors (Lipinski definition) is 3. The number of nitrogens with zero attached hydrogens (tertiary/aromatic N) is 2. The Morgan fingerprint density at radius 1 is 1.30 bits per heavy atom. The van der Waals surface area contributed by atoms with Gasteiger partial charge in [0.05, 0.1) is 0 Å². The van der Waals surface area contributed by atoms with Gasteiger partial charge in [-0.3, -0.25) is 0 Å². The molecular weight excluding hydrogens is 250 g/mol. The van der Waals surface area contributed by atoms with E-state index in [-0.39, 0.29) is 0 Å². The molecule has 2 aromatic rings. The highest BCUT2D eigenvalue weighted by atomic mass is 16.5. The van der Waals surface area contributed by atoms with E-state index < -0.39 is 0 Å². The molecule has 20 heavy (non-hydrogen) atoms. The molecule has 1 fully saturated rings. The number of aryl methyl sites for hydroxylation is 1. The van der Waals surface area contributed by atoms with Gasteiger partial charge in [-0.05, 0) is 37.5 Å². The van der Waals surface area contributed by atoms with Crippen molar-refractivity contribution in [1.29, 1.82) is 0 Å². The quantitative estimate of drug-likeness (QED) is 0.841. The second-order valence-electron chi connectivity index (χ2n) is 5.22. The molecule has 0 aliphatic heterocycles. The van der Waals surface area contributed by atoms with Crippen LogP contribution in [-0.2, 0) is 19.7 Å². The molecular formula is C16H21N3O. The van der Waals surface area contributed by atoms with Gasteiger partial charge in [0.15, 0.2) is 0 Å². The summed E-state index contributed by atoms with van der Waals surface area (Å²) < 4.78 is 7.87. The average Bonchev–Trinajstić information content (AvgIpc) is 3.21. The lowest BCUT2D eigenvalue weighted by molar-refractivity contribution is 0.290. The molecule has 1 aromatic heterocycles. The van der Waals surface area contributed by atoms with E-state index in [9.17, 15) is 0 Å². The van der Waals surface area contributed by atoms with E-state index in [1.807, 2.05) is 24.5 Å². The summed E-state index contributed by atoms with van der Waals surface area (Å²) in [7, 11) is 0. The molecule has 1 N–H and O–H groups in total. The van der Waals surface area contributed by atoms with Crippen molar-refractivity contribution < 1.29 is 4.74 Å². The van der Waals surface area contributed by atoms with E-state index in [0.717, 1.165) is 30.7 Å². The molecule has 3 rings (SSSR count). The maximum atomic E-state index is 5.78. The number of benzene rings is 1. The van der Waals surface area contributed by atoms with E-state index in [1.165, 1.54) is 18.4 Å². The van der Waals surface area contributed by atoms with E-state index >= 15 is 0 Å². The number of imidazole rings is 1. The average molecular weight is 271 g/mol. The van der Waals surface area contributed by atoms with Crippen LogP contribution in [0.5, 0.6) is 5.75 Å². The second-order valence-corrected chi connectivity index (χ2v) is 5.22. The molecule has 0 bridgehead atoms. The van der Waals surface area contributed by atoms with Crippen LogP contribution in [0.25, 0.3) is 0 Å². The Morgan fingerprint density at radius 3 is 2.80 bits per heavy atom. The number of aromatic nitrogens is 2. The molecule has 1 aliphatic carbocycles. The lowest BCUT2D eigenvalue weighted by Crippen LogP contribution is -2.15. The number of hydrogen-bond donors (Lipinski definition) is 1. The summed E-state index contributed by atoms with van der Waals surface area (Å²) in [5.41, 5.74) is 1.30. The molecule has 0 unspecified atom stereocenters. The predicted molar refractivity (Wildman–Crippen MR) is 78.5 cm³/mol. The third-order valence-electron chi connectivity index (χ3n) is 3.61. The van der Waals surface area contributed by atoms with Gasteiger partial charge in [0.25, 0.3) is 0 Å². The Hall–Kier alpha value is -1.81. The highest BCUT2D eigenvalue weighted by Gasteiger charge is 2.19. The fourth-order valence-corrected chi connectivity index (χ4v) is 2.17. The SMILES string of the molecule is CCn1ccnc1COc1ccc(CNC2CC2)cc1. The Morgan fingerprint density at radius 2 is 2.10 bits per heavy atom. The summed E-state index contributed by atoms with van der Waals surface area (Å²) in [6.07, 6.45) is 6.44. The van der Waals surface area contributed by atoms with Gasteiger partial charge in [-0.15, -0.1) is 0 Å². The summed E-state index contributed by atoms with van der Waals surface area (Å²) >= 11 is 0. The molecule has 0 amide bonds. The van der Waals surface area contributed by atoms with Crippen LogP contribution >= 0.6 is 0 Å². The van der Waals surface area contributed by atoms with Crippen molar-refractivity contribution >= 4 is 0 Å². The Labute approximate surface area is 119 Å². The smallest absolute Gasteiger partial charge is 0.146 e. The van der Waals surface area contributed by atoms with Crippen LogP contribution in [-0.4, -0.2) is 15.6 Å². The maximum absolute atomic E-state index is 5.78. The number of rotatable bonds is 7. The molecule has 0 saturated heterocycles. The minimum atomic E-state index is 0.514. The zero-order valence-electron chi connectivity index (χ0n) is 11.9. The highest BCUT2D eigenvalue weighted by molar-refractivity contribution is 5.27. The normalized spacial score (nSPS) is 14.4. The molecule has 4 heteroatoms. The molecule has 4 nitrogen and oxygen atoms in total. The second kappa shape index (κ2) is 6.09. The summed E-state index contributed by atoms with van der Waals surface area (Å²) in [6, 6.07) is 9.05. The summed E-state index contributed by atoms with van der Waals surface area (Å²) in [4.78, 5) is 4.30. The van der Waals surface area contributed by atoms with E-state index in [1.54, 1.807) is 0 Å². The Balaban J connectivity index is 1.52. The fourth-order valence-electron chi connectivity index (χ4n) is 2.17. The van der Waals surface area contributed by atoms with Gasteiger partial charge < -0.3 is 14.6 Å². The lowest BCUT2D eigenvalue weighted by atomic mass is 10.2. The number of nitrogens with one attached hydrogen (secondary N) is 1. The fraction of sp³-hybridized carbons (Fsp3) is 0.438. The highest BCUT2D eigenvalue weighted by Crippen LogP contribution is 2.20. The zero-order chi connectivity index (χ0) is 13.8. The topological polar surface area (TPSA) is 39.1 Å². The van der Waals surface area contributed by atoms with Crippen molar-refractivity contribution in [1.82, 2.24) is 14.9 Å². The van der Waals surface area contributed by atoms with E-state index in [4.69, 9.17) is 4.74 Å². The van der Waals surface area contributed by atoms with Crippen molar-refractivity contribution in [3.05, 3.63) is 48.0 Å². The molecule has 1 heterocycles. The first-order chi connectivity index (χ1) is 9.85. The van der Waals surface area contributed by atoms with Crippen LogP contribution in [0.1, 0.15) is 31.2 Å². The van der Waals surface area contributed by atoms with Gasteiger partial charge in [0.2, 0.25) is 0 Å². The maximum Gasteiger partial charge on any atom is 0.146 e. The molecule has 0 spiro atoms. The van der Waals surface area contributed by atoms with Crippen molar-refractivity contribution in [2.24, 2.45) is 0 Å². The van der Waals surface area contributed by atoms with Gasteiger partial charge in [0, 0.05) is 31.5 Å². The first kappa shape index (κ1) is 13.2. The zero-order valence-corrected chi connectivity index (χ0v) is 11.9. The summed E-state index contributed by atoms with van der Waals surface area (Å²) in [6.45, 7) is 4.49. The molecule has 106 valence electrons. The van der Waals surface area contributed by atoms with Gasteiger partial charge in [-0.25, -0.2) is 4.98 Å². The number of ether oxygens (including phenoxy) is 1. The van der Waals surface area contributed by atoms with Crippen LogP contribution < -0.4 is 10.1 Å². The summed E-state index contributed by atoms with van der Waals surface area (Å²) in [5, 5.41) is 3.51. The molecule has 0 radical (unpaired) electrons. The van der Waals surface area contributed by atoms with Crippen LogP contribution in [0, 0.1) is 0 Å². The third-order valence-corrected chi connectivity index (χ3v) is 3.61. The van der Waals surface area contributed by atoms with Crippen molar-refractivity contribution in [3.63, 3.8) is 0 Å². The Kier molecular flexibility index (Phi) is 4.02. The van der Waals surface area contributed by atoms with Crippen LogP contribution in [0.4, 0.5) is 0 Å². The Bertz CT molecular complexity index is 543. The molecule has 1 saturated carbocycles. The van der Waals surface area contributed by atoms with Gasteiger partial charge in [-0.1, -0.05) is 12.1 Å². The molecule has 1 aromatic carbocycles. The monoisotopic (exact) mass is 271 g/mol. The van der Waals surface area contributed by atoms with Crippen LogP contribution in [0.2, 0.25) is 0 Å². The van der Waals surface area contributed by atoms with Gasteiger partial charge >= 0.3 is 0 Å². The first-order valence-electron chi connectivity index (χ1n) is 7.30. The van der Waals surface area contributed by atoms with Crippen LogP contribution in [0.15, 0.2) is 36.7 Å².